The molecule has 0 N–H and O–H groups in total. The molecular weight excluding hydrogens is 357 g/mol. The van der Waals surface area contributed by atoms with Crippen molar-refractivity contribution in [1.29, 1.82) is 0 Å². The van der Waals surface area contributed by atoms with Gasteiger partial charge in [0.15, 0.2) is 5.82 Å². The molecule has 5 nitrogen and oxygen atoms in total. The number of carbonyl (C=O) groups is 1. The van der Waals surface area contributed by atoms with Crippen LogP contribution in [0.2, 0.25) is 5.02 Å². The molecule has 1 fully saturated rings. The molecule has 1 aliphatic rings. The molecule has 1 atom stereocenters. The van der Waals surface area contributed by atoms with Crippen LogP contribution in [0.1, 0.15) is 23.7 Å². The number of aryl methyl sites for hydroxylation is 1. The van der Waals surface area contributed by atoms with Gasteiger partial charge in [0.1, 0.15) is 5.82 Å². The number of amides is 1. The maximum absolute atomic E-state index is 13.9. The molecule has 1 aromatic heterocycles. The second-order valence-electron chi connectivity index (χ2n) is 6.28. The van der Waals surface area contributed by atoms with Crippen LogP contribution in [0.4, 0.5) is 10.1 Å². The fourth-order valence-corrected chi connectivity index (χ4v) is 3.19. The Morgan fingerprint density at radius 3 is 2.85 bits per heavy atom. The second-order valence-corrected chi connectivity index (χ2v) is 6.68. The second kappa shape index (κ2) is 6.53. The highest BCUT2D eigenvalue weighted by molar-refractivity contribution is 6.31. The van der Waals surface area contributed by atoms with Crippen LogP contribution in [0.3, 0.4) is 0 Å². The molecule has 132 valence electrons. The lowest BCUT2D eigenvalue weighted by atomic mass is 10.1. The van der Waals surface area contributed by atoms with Gasteiger partial charge in [-0.25, -0.2) is 4.39 Å². The molecular formula is C19H15ClFN3O2. The minimum absolute atomic E-state index is 0.0195. The third kappa shape index (κ3) is 2.97. The van der Waals surface area contributed by atoms with Crippen molar-refractivity contribution in [1.82, 2.24) is 10.1 Å². The number of carbonyl (C=O) groups excluding carboxylic acids is 1. The van der Waals surface area contributed by atoms with E-state index in [2.05, 4.69) is 10.1 Å². The fourth-order valence-electron chi connectivity index (χ4n) is 3.07. The zero-order chi connectivity index (χ0) is 18.3. The molecule has 4 rings (SSSR count). The Morgan fingerprint density at radius 1 is 1.27 bits per heavy atom. The number of hydrogen-bond acceptors (Lipinski definition) is 4. The van der Waals surface area contributed by atoms with E-state index in [1.165, 1.54) is 6.07 Å². The number of nitrogens with zero attached hydrogens (tertiary/aromatic N) is 3. The molecule has 0 spiro atoms. The topological polar surface area (TPSA) is 59.2 Å². The molecule has 1 unspecified atom stereocenters. The molecule has 0 saturated carbocycles. The number of benzene rings is 2. The van der Waals surface area contributed by atoms with E-state index in [-0.39, 0.29) is 29.7 Å². The summed E-state index contributed by atoms with van der Waals surface area (Å²) in [6, 6.07) is 11.7. The third-order valence-electron chi connectivity index (χ3n) is 4.49. The van der Waals surface area contributed by atoms with Gasteiger partial charge < -0.3 is 9.42 Å². The summed E-state index contributed by atoms with van der Waals surface area (Å²) in [7, 11) is 0. The monoisotopic (exact) mass is 371 g/mol. The van der Waals surface area contributed by atoms with Gasteiger partial charge >= 0.3 is 0 Å². The Hall–Kier alpha value is -2.73. The Labute approximate surface area is 154 Å². The molecule has 2 heterocycles. The van der Waals surface area contributed by atoms with Crippen LogP contribution in [0.15, 0.2) is 47.0 Å². The first-order valence-electron chi connectivity index (χ1n) is 8.18. The third-order valence-corrected chi connectivity index (χ3v) is 4.91. The summed E-state index contributed by atoms with van der Waals surface area (Å²) in [4.78, 5) is 18.4. The summed E-state index contributed by atoms with van der Waals surface area (Å²) in [6.07, 6.45) is 0.276. The first kappa shape index (κ1) is 16.7. The van der Waals surface area contributed by atoms with Crippen molar-refractivity contribution in [2.75, 3.05) is 11.4 Å². The Kier molecular flexibility index (Phi) is 4.20. The standard InChI is InChI=1S/C19H15ClFN3O2/c1-11-8-13(6-7-15(11)20)24-10-12(9-17(24)25)18-22-19(26-23-18)14-4-2-3-5-16(14)21/h2-8,12H,9-10H2,1H3. The summed E-state index contributed by atoms with van der Waals surface area (Å²) in [5, 5.41) is 4.61. The highest BCUT2D eigenvalue weighted by Crippen LogP contribution is 2.33. The van der Waals surface area contributed by atoms with Gasteiger partial charge in [-0.1, -0.05) is 28.9 Å². The molecule has 0 aliphatic carbocycles. The number of anilines is 1. The maximum atomic E-state index is 13.9. The molecule has 0 bridgehead atoms. The van der Waals surface area contributed by atoms with E-state index in [0.717, 1.165) is 11.3 Å². The van der Waals surface area contributed by atoms with E-state index in [1.807, 2.05) is 19.1 Å². The highest BCUT2D eigenvalue weighted by Gasteiger charge is 2.35. The average Bonchev–Trinajstić information content (AvgIpc) is 3.25. The molecule has 7 heteroatoms. The highest BCUT2D eigenvalue weighted by atomic mass is 35.5. The number of rotatable bonds is 3. The first-order chi connectivity index (χ1) is 12.5. The summed E-state index contributed by atoms with van der Waals surface area (Å²) in [5.74, 6) is -0.128. The van der Waals surface area contributed by atoms with Crippen LogP contribution in [0.25, 0.3) is 11.5 Å². The van der Waals surface area contributed by atoms with Crippen molar-refractivity contribution in [3.8, 4) is 11.5 Å². The summed E-state index contributed by atoms with van der Waals surface area (Å²) < 4.78 is 19.1. The van der Waals surface area contributed by atoms with Crippen LogP contribution in [0.5, 0.6) is 0 Å². The predicted octanol–water partition coefficient (Wildman–Crippen LogP) is 4.36. The van der Waals surface area contributed by atoms with Crippen LogP contribution in [0, 0.1) is 12.7 Å². The summed E-state index contributed by atoms with van der Waals surface area (Å²) in [6.45, 7) is 2.33. The summed E-state index contributed by atoms with van der Waals surface area (Å²) in [5.41, 5.74) is 1.94. The van der Waals surface area contributed by atoms with Gasteiger partial charge in [-0.05, 0) is 42.8 Å². The van der Waals surface area contributed by atoms with Crippen molar-refractivity contribution in [3.05, 3.63) is 64.7 Å². The lowest BCUT2D eigenvalue weighted by molar-refractivity contribution is -0.117. The van der Waals surface area contributed by atoms with Gasteiger partial charge in [0.2, 0.25) is 5.91 Å². The Balaban J connectivity index is 1.58. The zero-order valence-electron chi connectivity index (χ0n) is 13.9. The number of hydrogen-bond donors (Lipinski definition) is 0. The van der Waals surface area contributed by atoms with E-state index in [9.17, 15) is 9.18 Å². The van der Waals surface area contributed by atoms with Crippen LogP contribution in [-0.2, 0) is 4.79 Å². The fraction of sp³-hybridized carbons (Fsp3) is 0.211. The zero-order valence-corrected chi connectivity index (χ0v) is 14.7. The van der Waals surface area contributed by atoms with Gasteiger partial charge in [-0.2, -0.15) is 4.98 Å². The first-order valence-corrected chi connectivity index (χ1v) is 8.56. The van der Waals surface area contributed by atoms with Crippen LogP contribution >= 0.6 is 11.6 Å². The quantitative estimate of drug-likeness (QED) is 0.686. The van der Waals surface area contributed by atoms with E-state index >= 15 is 0 Å². The van der Waals surface area contributed by atoms with Gasteiger partial charge in [-0.3, -0.25) is 4.79 Å². The molecule has 2 aromatic carbocycles. The van der Waals surface area contributed by atoms with Crippen LogP contribution < -0.4 is 4.90 Å². The van der Waals surface area contributed by atoms with E-state index in [1.54, 1.807) is 29.2 Å². The van der Waals surface area contributed by atoms with E-state index in [4.69, 9.17) is 16.1 Å². The molecule has 3 aromatic rings. The predicted molar refractivity (Wildman–Crippen MR) is 95.6 cm³/mol. The smallest absolute Gasteiger partial charge is 0.260 e. The van der Waals surface area contributed by atoms with Crippen molar-refractivity contribution in [3.63, 3.8) is 0 Å². The Morgan fingerprint density at radius 2 is 2.08 bits per heavy atom. The minimum atomic E-state index is -0.427. The molecule has 1 saturated heterocycles. The van der Waals surface area contributed by atoms with Crippen LogP contribution in [-0.4, -0.2) is 22.6 Å². The minimum Gasteiger partial charge on any atom is -0.334 e. The lowest BCUT2D eigenvalue weighted by Gasteiger charge is -2.17. The van der Waals surface area contributed by atoms with E-state index < -0.39 is 5.82 Å². The van der Waals surface area contributed by atoms with Gasteiger partial charge in [0.05, 0.1) is 5.56 Å². The Bertz CT molecular complexity index is 988. The van der Waals surface area contributed by atoms with Crippen molar-refractivity contribution in [2.24, 2.45) is 0 Å². The van der Waals surface area contributed by atoms with Gasteiger partial charge in [0, 0.05) is 29.6 Å². The SMILES string of the molecule is Cc1cc(N2CC(c3noc(-c4ccccc4F)n3)CC2=O)ccc1Cl. The van der Waals surface area contributed by atoms with Crippen molar-refractivity contribution < 1.29 is 13.7 Å². The van der Waals surface area contributed by atoms with E-state index in [0.29, 0.717) is 17.4 Å². The number of aromatic nitrogens is 2. The maximum Gasteiger partial charge on any atom is 0.260 e. The molecule has 1 aliphatic heterocycles. The van der Waals surface area contributed by atoms with Crippen molar-refractivity contribution in [2.45, 2.75) is 19.3 Å². The normalized spacial score (nSPS) is 17.1. The average molecular weight is 372 g/mol. The number of halogens is 2. The van der Waals surface area contributed by atoms with Crippen molar-refractivity contribution >= 4 is 23.2 Å². The summed E-state index contributed by atoms with van der Waals surface area (Å²) >= 11 is 6.06. The molecule has 0 radical (unpaired) electrons. The van der Waals surface area contributed by atoms with Gasteiger partial charge in [-0.15, -0.1) is 0 Å². The molecule has 1 amide bonds. The lowest BCUT2D eigenvalue weighted by Crippen LogP contribution is -2.24. The van der Waals surface area contributed by atoms with Gasteiger partial charge in [0.25, 0.3) is 5.89 Å². The molecule has 26 heavy (non-hydrogen) atoms. The largest absolute Gasteiger partial charge is 0.334 e.